The van der Waals surface area contributed by atoms with Crippen LogP contribution in [0.15, 0.2) is 24.3 Å². The highest BCUT2D eigenvalue weighted by molar-refractivity contribution is 6.05. The van der Waals surface area contributed by atoms with Gasteiger partial charge in [0.05, 0.1) is 18.7 Å². The van der Waals surface area contributed by atoms with Crippen molar-refractivity contribution in [3.63, 3.8) is 0 Å². The van der Waals surface area contributed by atoms with Crippen LogP contribution in [0.1, 0.15) is 75.8 Å². The van der Waals surface area contributed by atoms with Crippen molar-refractivity contribution in [2.45, 2.75) is 83.5 Å². The summed E-state index contributed by atoms with van der Waals surface area (Å²) in [7, 11) is 0. The van der Waals surface area contributed by atoms with Crippen molar-refractivity contribution >= 4 is 16.8 Å². The minimum absolute atomic E-state index is 0.0420. The van der Waals surface area contributed by atoms with Crippen LogP contribution in [0, 0.1) is 0 Å². The van der Waals surface area contributed by atoms with E-state index in [1.807, 2.05) is 22.9 Å². The van der Waals surface area contributed by atoms with Crippen molar-refractivity contribution in [2.75, 3.05) is 19.8 Å². The largest absolute Gasteiger partial charge is 0.378 e. The number of morpholine rings is 1. The predicted molar refractivity (Wildman–Crippen MR) is 120 cm³/mol. The maximum Gasteiger partial charge on any atom is 0.272 e. The Labute approximate surface area is 179 Å². The number of ether oxygens (including phenoxy) is 1. The Morgan fingerprint density at radius 3 is 2.63 bits per heavy atom. The van der Waals surface area contributed by atoms with Crippen LogP contribution in [-0.2, 0) is 4.74 Å². The van der Waals surface area contributed by atoms with Gasteiger partial charge in [-0.1, -0.05) is 44.9 Å². The van der Waals surface area contributed by atoms with E-state index in [1.165, 1.54) is 12.8 Å². The van der Waals surface area contributed by atoms with E-state index in [1.54, 1.807) is 0 Å². The highest BCUT2D eigenvalue weighted by Crippen LogP contribution is 2.29. The summed E-state index contributed by atoms with van der Waals surface area (Å²) in [5.41, 5.74) is 1.60. The molecule has 2 aliphatic rings. The minimum atomic E-state index is -0.0420. The molecule has 6 nitrogen and oxygen atoms in total. The molecule has 2 bridgehead atoms. The number of nitrogens with one attached hydrogen (secondary N) is 1. The molecule has 0 spiro atoms. The molecule has 2 saturated heterocycles. The van der Waals surface area contributed by atoms with E-state index in [9.17, 15) is 4.79 Å². The molecule has 0 aliphatic carbocycles. The Hall–Kier alpha value is -1.92. The van der Waals surface area contributed by atoms with Crippen LogP contribution in [0.5, 0.6) is 0 Å². The number of aromatic nitrogens is 2. The van der Waals surface area contributed by atoms with Crippen molar-refractivity contribution in [2.24, 2.45) is 0 Å². The van der Waals surface area contributed by atoms with Crippen molar-refractivity contribution in [3.8, 4) is 0 Å². The molecule has 3 atom stereocenters. The lowest BCUT2D eigenvalue weighted by atomic mass is 9.89. The first-order valence-electron chi connectivity index (χ1n) is 11.7. The number of rotatable bonds is 8. The second kappa shape index (κ2) is 9.48. The summed E-state index contributed by atoms with van der Waals surface area (Å²) in [4.78, 5) is 15.9. The highest BCUT2D eigenvalue weighted by atomic mass is 16.5. The van der Waals surface area contributed by atoms with Crippen LogP contribution in [0.25, 0.3) is 10.9 Å². The third-order valence-electron chi connectivity index (χ3n) is 6.73. The van der Waals surface area contributed by atoms with E-state index >= 15 is 0 Å². The average molecular weight is 413 g/mol. The summed E-state index contributed by atoms with van der Waals surface area (Å²) < 4.78 is 7.86. The number of unbranched alkanes of at least 4 members (excludes halogenated alkanes) is 1. The van der Waals surface area contributed by atoms with Crippen LogP contribution < -0.4 is 5.32 Å². The number of carbonyl (C=O) groups is 1. The molecule has 6 heteroatoms. The molecule has 1 aromatic carbocycles. The summed E-state index contributed by atoms with van der Waals surface area (Å²) in [5, 5.41) is 9.04. The zero-order valence-corrected chi connectivity index (χ0v) is 18.6. The van der Waals surface area contributed by atoms with E-state index in [4.69, 9.17) is 9.84 Å². The smallest absolute Gasteiger partial charge is 0.272 e. The maximum absolute atomic E-state index is 13.3. The van der Waals surface area contributed by atoms with Crippen LogP contribution in [0.2, 0.25) is 0 Å². The summed E-state index contributed by atoms with van der Waals surface area (Å²) in [6.07, 6.45) is 6.49. The third-order valence-corrected chi connectivity index (χ3v) is 6.73. The molecule has 0 radical (unpaired) electrons. The average Bonchev–Trinajstić information content (AvgIpc) is 3.12. The van der Waals surface area contributed by atoms with Gasteiger partial charge < -0.3 is 10.1 Å². The molecule has 4 rings (SSSR count). The molecule has 1 N–H and O–H groups in total. The Balaban J connectivity index is 1.50. The van der Waals surface area contributed by atoms with Gasteiger partial charge in [0, 0.05) is 29.6 Å². The fourth-order valence-electron chi connectivity index (χ4n) is 5.20. The molecule has 2 fully saturated rings. The predicted octanol–water partition coefficient (Wildman–Crippen LogP) is 4.16. The highest BCUT2D eigenvalue weighted by Gasteiger charge is 2.39. The topological polar surface area (TPSA) is 59.4 Å². The van der Waals surface area contributed by atoms with Gasteiger partial charge in [0.25, 0.3) is 5.91 Å². The van der Waals surface area contributed by atoms with Gasteiger partial charge in [-0.05, 0) is 45.2 Å². The molecule has 1 amide bonds. The Kier molecular flexibility index (Phi) is 6.74. The summed E-state index contributed by atoms with van der Waals surface area (Å²) in [6, 6.07) is 9.38. The second-order valence-electron chi connectivity index (χ2n) is 9.03. The molecule has 3 unspecified atom stereocenters. The fourth-order valence-corrected chi connectivity index (χ4v) is 5.20. The number of hydrogen-bond donors (Lipinski definition) is 1. The first-order chi connectivity index (χ1) is 14.6. The normalized spacial score (nSPS) is 25.4. The summed E-state index contributed by atoms with van der Waals surface area (Å²) in [5.74, 6) is -0.0420. The first kappa shape index (κ1) is 21.3. The monoisotopic (exact) mass is 412 g/mol. The molecule has 164 valence electrons. The number of hydrogen-bond acceptors (Lipinski definition) is 4. The van der Waals surface area contributed by atoms with Crippen LogP contribution in [0.4, 0.5) is 0 Å². The molecule has 3 heterocycles. The summed E-state index contributed by atoms with van der Waals surface area (Å²) >= 11 is 0. The van der Waals surface area contributed by atoms with E-state index in [-0.39, 0.29) is 18.0 Å². The molecule has 2 aromatic rings. The lowest BCUT2D eigenvalue weighted by molar-refractivity contribution is -0.0802. The summed E-state index contributed by atoms with van der Waals surface area (Å²) in [6.45, 7) is 9.29. The molecule has 0 saturated carbocycles. The number of nitrogens with zero attached hydrogens (tertiary/aromatic N) is 3. The number of carbonyl (C=O) groups excluding carboxylic acids is 1. The molecular weight excluding hydrogens is 376 g/mol. The number of amides is 1. The number of para-hydroxylation sites is 1. The number of piperidine rings is 1. The van der Waals surface area contributed by atoms with Crippen LogP contribution >= 0.6 is 0 Å². The van der Waals surface area contributed by atoms with E-state index in [0.29, 0.717) is 17.8 Å². The Morgan fingerprint density at radius 1 is 1.20 bits per heavy atom. The van der Waals surface area contributed by atoms with Crippen molar-refractivity contribution in [3.05, 3.63) is 30.0 Å². The van der Waals surface area contributed by atoms with Crippen LogP contribution in [0.3, 0.4) is 0 Å². The lowest BCUT2D eigenvalue weighted by Gasteiger charge is -2.48. The molecule has 2 aliphatic heterocycles. The zero-order valence-electron chi connectivity index (χ0n) is 18.6. The first-order valence-corrected chi connectivity index (χ1v) is 11.7. The SMILES string of the molecule is CCCCN1C2COCC1CC(NC(=O)c1nn(C(C)CCC)c3ccccc13)C2. The second-order valence-corrected chi connectivity index (χ2v) is 9.03. The van der Waals surface area contributed by atoms with Gasteiger partial charge in [-0.3, -0.25) is 14.4 Å². The standard InChI is InChI=1S/C24H36N4O2/c1-4-6-12-27-19-13-18(14-20(27)16-30-15-19)25-24(29)23-21-10-7-8-11-22(21)28(26-23)17(3)9-5-2/h7-8,10-11,17-20H,4-6,9,12-16H2,1-3H3,(H,25,29). The van der Waals surface area contributed by atoms with Gasteiger partial charge in [0.2, 0.25) is 0 Å². The van der Waals surface area contributed by atoms with E-state index in [2.05, 4.69) is 37.1 Å². The molecular formula is C24H36N4O2. The molecule has 1 aromatic heterocycles. The quantitative estimate of drug-likeness (QED) is 0.707. The Bertz CT molecular complexity index is 850. The minimum Gasteiger partial charge on any atom is -0.378 e. The number of benzene rings is 1. The third kappa shape index (κ3) is 4.26. The van der Waals surface area contributed by atoms with Crippen molar-refractivity contribution in [1.82, 2.24) is 20.0 Å². The van der Waals surface area contributed by atoms with Gasteiger partial charge in [0.15, 0.2) is 5.69 Å². The number of fused-ring (bicyclic) bond motifs is 3. The van der Waals surface area contributed by atoms with Gasteiger partial charge >= 0.3 is 0 Å². The maximum atomic E-state index is 13.3. The fraction of sp³-hybridized carbons (Fsp3) is 0.667. The van der Waals surface area contributed by atoms with Crippen molar-refractivity contribution in [1.29, 1.82) is 0 Å². The Morgan fingerprint density at radius 2 is 1.93 bits per heavy atom. The van der Waals surface area contributed by atoms with Crippen molar-refractivity contribution < 1.29 is 9.53 Å². The lowest BCUT2D eigenvalue weighted by Crippen LogP contribution is -2.60. The van der Waals surface area contributed by atoms with Gasteiger partial charge in [0.1, 0.15) is 0 Å². The van der Waals surface area contributed by atoms with Crippen LogP contribution in [-0.4, -0.2) is 58.5 Å². The van der Waals surface area contributed by atoms with E-state index < -0.39 is 0 Å². The molecule has 30 heavy (non-hydrogen) atoms. The van der Waals surface area contributed by atoms with Gasteiger partial charge in [-0.15, -0.1) is 0 Å². The zero-order chi connectivity index (χ0) is 21.1. The van der Waals surface area contributed by atoms with Gasteiger partial charge in [-0.25, -0.2) is 0 Å². The van der Waals surface area contributed by atoms with Gasteiger partial charge in [-0.2, -0.15) is 5.10 Å². The van der Waals surface area contributed by atoms with E-state index in [0.717, 1.165) is 56.3 Å².